The van der Waals surface area contributed by atoms with Gasteiger partial charge in [-0.1, -0.05) is 6.07 Å². The molecule has 0 atom stereocenters. The first-order chi connectivity index (χ1) is 15.5. The average Bonchev–Trinajstić information content (AvgIpc) is 3.35. The average molecular weight is 436 g/mol. The van der Waals surface area contributed by atoms with E-state index in [9.17, 15) is 9.59 Å². The second-order valence-electron chi connectivity index (χ2n) is 6.62. The smallest absolute Gasteiger partial charge is 0.268 e. The highest BCUT2D eigenvalue weighted by Crippen LogP contribution is 2.28. The third-order valence-electron chi connectivity index (χ3n) is 4.57. The number of carbonyl (C=O) groups excluding carboxylic acids is 2. The van der Waals surface area contributed by atoms with Crippen molar-refractivity contribution in [2.45, 2.75) is 6.54 Å². The quantitative estimate of drug-likeness (QED) is 0.499. The molecule has 0 bridgehead atoms. The van der Waals surface area contributed by atoms with Gasteiger partial charge in [0, 0.05) is 5.56 Å². The van der Waals surface area contributed by atoms with Gasteiger partial charge in [-0.3, -0.25) is 9.59 Å². The Morgan fingerprint density at radius 3 is 2.31 bits per heavy atom. The van der Waals surface area contributed by atoms with E-state index in [1.165, 1.54) is 20.5 Å². The van der Waals surface area contributed by atoms with E-state index >= 15 is 0 Å². The van der Waals surface area contributed by atoms with Crippen molar-refractivity contribution < 1.29 is 28.2 Å². The number of ether oxygens (including phenoxy) is 3. The molecule has 32 heavy (non-hydrogen) atoms. The van der Waals surface area contributed by atoms with Gasteiger partial charge in [0.1, 0.15) is 17.2 Å². The SMILES string of the molecule is COc1ccc(C(=O)N/C(=C\c2ccc(OC)c(OC)c2)C(=O)NCc2ccco2)cc1. The van der Waals surface area contributed by atoms with Crippen LogP contribution in [0.3, 0.4) is 0 Å². The highest BCUT2D eigenvalue weighted by atomic mass is 16.5. The van der Waals surface area contributed by atoms with Gasteiger partial charge >= 0.3 is 0 Å². The van der Waals surface area contributed by atoms with Gasteiger partial charge in [0.25, 0.3) is 11.8 Å². The molecule has 3 rings (SSSR count). The van der Waals surface area contributed by atoms with Crippen LogP contribution < -0.4 is 24.8 Å². The summed E-state index contributed by atoms with van der Waals surface area (Å²) in [6.45, 7) is 0.174. The maximum atomic E-state index is 12.9. The highest BCUT2D eigenvalue weighted by Gasteiger charge is 2.16. The van der Waals surface area contributed by atoms with Crippen LogP contribution >= 0.6 is 0 Å². The topological polar surface area (TPSA) is 99.0 Å². The molecule has 2 aromatic carbocycles. The van der Waals surface area contributed by atoms with Crippen LogP contribution in [0.2, 0.25) is 0 Å². The molecule has 2 amide bonds. The van der Waals surface area contributed by atoms with Gasteiger partial charge in [0.2, 0.25) is 0 Å². The van der Waals surface area contributed by atoms with Crippen molar-refractivity contribution in [3.05, 3.63) is 83.4 Å². The second kappa shape index (κ2) is 10.7. The predicted molar refractivity (Wildman–Crippen MR) is 119 cm³/mol. The van der Waals surface area contributed by atoms with E-state index < -0.39 is 11.8 Å². The van der Waals surface area contributed by atoms with E-state index in [0.717, 1.165) is 0 Å². The summed E-state index contributed by atoms with van der Waals surface area (Å²) in [5, 5.41) is 5.42. The van der Waals surface area contributed by atoms with Gasteiger partial charge in [-0.05, 0) is 60.2 Å². The van der Waals surface area contributed by atoms with Gasteiger partial charge in [0.05, 0.1) is 34.1 Å². The summed E-state index contributed by atoms with van der Waals surface area (Å²) < 4.78 is 20.9. The number of hydrogen-bond acceptors (Lipinski definition) is 6. The summed E-state index contributed by atoms with van der Waals surface area (Å²) >= 11 is 0. The monoisotopic (exact) mass is 436 g/mol. The lowest BCUT2D eigenvalue weighted by atomic mass is 10.1. The predicted octanol–water partition coefficient (Wildman–Crippen LogP) is 3.39. The number of methoxy groups -OCH3 is 3. The molecule has 2 N–H and O–H groups in total. The molecule has 0 spiro atoms. The summed E-state index contributed by atoms with van der Waals surface area (Å²) in [4.78, 5) is 25.6. The van der Waals surface area contributed by atoms with Crippen molar-refractivity contribution in [1.82, 2.24) is 10.6 Å². The zero-order valence-electron chi connectivity index (χ0n) is 18.0. The fourth-order valence-electron chi connectivity index (χ4n) is 2.88. The number of rotatable bonds is 9. The van der Waals surface area contributed by atoms with Crippen molar-refractivity contribution in [1.29, 1.82) is 0 Å². The standard InChI is InChI=1S/C24H24N2O6/c1-29-18-9-7-17(8-10-18)23(27)26-20(24(28)25-15-19-5-4-12-32-19)13-16-6-11-21(30-2)22(14-16)31-3/h4-14H,15H2,1-3H3,(H,25,28)(H,26,27)/b20-13-. The lowest BCUT2D eigenvalue weighted by molar-refractivity contribution is -0.118. The minimum absolute atomic E-state index is 0.0598. The van der Waals surface area contributed by atoms with Gasteiger partial charge in [-0.15, -0.1) is 0 Å². The molecule has 0 fully saturated rings. The van der Waals surface area contributed by atoms with E-state index in [4.69, 9.17) is 18.6 Å². The lowest BCUT2D eigenvalue weighted by Crippen LogP contribution is -2.34. The summed E-state index contributed by atoms with van der Waals surface area (Å²) in [5.41, 5.74) is 1.08. The first-order valence-corrected chi connectivity index (χ1v) is 9.73. The Labute approximate surface area is 185 Å². The Balaban J connectivity index is 1.86. The van der Waals surface area contributed by atoms with E-state index in [2.05, 4.69) is 10.6 Å². The van der Waals surface area contributed by atoms with E-state index in [0.29, 0.717) is 34.1 Å². The van der Waals surface area contributed by atoms with Crippen molar-refractivity contribution in [2.75, 3.05) is 21.3 Å². The van der Waals surface area contributed by atoms with Gasteiger partial charge in [-0.2, -0.15) is 0 Å². The summed E-state index contributed by atoms with van der Waals surface area (Å²) in [6.07, 6.45) is 3.08. The summed E-state index contributed by atoms with van der Waals surface area (Å²) in [5.74, 6) is 1.35. The van der Waals surface area contributed by atoms with Crippen LogP contribution in [0.4, 0.5) is 0 Å². The fourth-order valence-corrected chi connectivity index (χ4v) is 2.88. The van der Waals surface area contributed by atoms with Gasteiger partial charge in [-0.25, -0.2) is 0 Å². The zero-order valence-corrected chi connectivity index (χ0v) is 18.0. The Bertz CT molecular complexity index is 1090. The third kappa shape index (κ3) is 5.69. The van der Waals surface area contributed by atoms with Crippen LogP contribution in [0.25, 0.3) is 6.08 Å². The highest BCUT2D eigenvalue weighted by molar-refractivity contribution is 6.05. The molecular formula is C24H24N2O6. The molecule has 1 heterocycles. The molecule has 0 aliphatic heterocycles. The van der Waals surface area contributed by atoms with Crippen LogP contribution in [-0.2, 0) is 11.3 Å². The second-order valence-corrected chi connectivity index (χ2v) is 6.62. The molecule has 8 heteroatoms. The normalized spacial score (nSPS) is 10.9. The molecule has 0 saturated carbocycles. The number of hydrogen-bond donors (Lipinski definition) is 2. The Morgan fingerprint density at radius 1 is 0.938 bits per heavy atom. The van der Waals surface area contributed by atoms with Crippen LogP contribution in [0.15, 0.2) is 71.0 Å². The Hall–Kier alpha value is -4.20. The van der Waals surface area contributed by atoms with Crippen LogP contribution in [-0.4, -0.2) is 33.1 Å². The number of furan rings is 1. The third-order valence-corrected chi connectivity index (χ3v) is 4.57. The molecule has 0 aliphatic carbocycles. The van der Waals surface area contributed by atoms with Gasteiger partial charge in [0.15, 0.2) is 11.5 Å². The lowest BCUT2D eigenvalue weighted by Gasteiger charge is -2.12. The van der Waals surface area contributed by atoms with Crippen molar-refractivity contribution in [2.24, 2.45) is 0 Å². The van der Waals surface area contributed by atoms with Crippen LogP contribution in [0.1, 0.15) is 21.7 Å². The Morgan fingerprint density at radius 2 is 1.69 bits per heavy atom. The molecule has 0 aliphatic rings. The number of benzene rings is 2. The first-order valence-electron chi connectivity index (χ1n) is 9.73. The Kier molecular flexibility index (Phi) is 7.53. The summed E-state index contributed by atoms with van der Waals surface area (Å²) in [6, 6.07) is 15.2. The molecular weight excluding hydrogens is 412 g/mol. The molecule has 0 radical (unpaired) electrons. The molecule has 1 aromatic heterocycles. The van der Waals surface area contributed by atoms with Crippen molar-refractivity contribution in [3.63, 3.8) is 0 Å². The summed E-state index contributed by atoms with van der Waals surface area (Å²) in [7, 11) is 4.60. The fraction of sp³-hybridized carbons (Fsp3) is 0.167. The minimum Gasteiger partial charge on any atom is -0.497 e. The number of nitrogens with one attached hydrogen (secondary N) is 2. The largest absolute Gasteiger partial charge is 0.497 e. The first kappa shape index (κ1) is 22.5. The molecule has 0 unspecified atom stereocenters. The maximum Gasteiger partial charge on any atom is 0.268 e. The van der Waals surface area contributed by atoms with Crippen LogP contribution in [0.5, 0.6) is 17.2 Å². The number of amides is 2. The molecule has 0 saturated heterocycles. The minimum atomic E-state index is -0.474. The van der Waals surface area contributed by atoms with E-state index in [1.54, 1.807) is 67.8 Å². The molecule has 8 nitrogen and oxygen atoms in total. The van der Waals surface area contributed by atoms with Gasteiger partial charge < -0.3 is 29.3 Å². The van der Waals surface area contributed by atoms with E-state index in [1.807, 2.05) is 0 Å². The molecule has 3 aromatic rings. The van der Waals surface area contributed by atoms with Crippen molar-refractivity contribution in [3.8, 4) is 17.2 Å². The van der Waals surface area contributed by atoms with E-state index in [-0.39, 0.29) is 12.2 Å². The molecule has 166 valence electrons. The zero-order chi connectivity index (χ0) is 22.9. The maximum absolute atomic E-state index is 12.9. The van der Waals surface area contributed by atoms with Crippen molar-refractivity contribution >= 4 is 17.9 Å². The van der Waals surface area contributed by atoms with Crippen LogP contribution in [0, 0.1) is 0 Å². The number of carbonyl (C=O) groups is 2.